The molecule has 7 heteroatoms. The van der Waals surface area contributed by atoms with Crippen LogP contribution in [0.1, 0.15) is 5.56 Å². The van der Waals surface area contributed by atoms with Gasteiger partial charge in [0.1, 0.15) is 0 Å². The standard InChI is InChI=1S/C18H19N3O4/c1-11-6-5-7-14-13(11)10-19-21(14)18(22)20-12-8-15(23-2)17(25-4)16(9-12)24-3/h5-10H,1-4H3,(H,20,22). The van der Waals surface area contributed by atoms with E-state index in [1.54, 1.807) is 18.3 Å². The second kappa shape index (κ2) is 6.72. The first kappa shape index (κ1) is 16.6. The lowest BCUT2D eigenvalue weighted by atomic mass is 10.1. The molecule has 0 saturated heterocycles. The van der Waals surface area contributed by atoms with E-state index >= 15 is 0 Å². The van der Waals surface area contributed by atoms with Crippen molar-refractivity contribution in [1.82, 2.24) is 9.78 Å². The molecule has 0 aliphatic heterocycles. The maximum absolute atomic E-state index is 12.6. The highest BCUT2D eigenvalue weighted by molar-refractivity contribution is 5.98. The highest BCUT2D eigenvalue weighted by Gasteiger charge is 2.16. The number of hydrogen-bond acceptors (Lipinski definition) is 5. The number of benzene rings is 2. The molecule has 2 aromatic carbocycles. The second-order valence-electron chi connectivity index (χ2n) is 5.41. The summed E-state index contributed by atoms with van der Waals surface area (Å²) in [6, 6.07) is 8.67. The number of hydrogen-bond donors (Lipinski definition) is 1. The first-order chi connectivity index (χ1) is 12.1. The molecule has 0 radical (unpaired) electrons. The zero-order chi connectivity index (χ0) is 18.0. The van der Waals surface area contributed by atoms with Crippen molar-refractivity contribution in [2.24, 2.45) is 0 Å². The maximum atomic E-state index is 12.6. The molecule has 0 aliphatic rings. The molecule has 1 aromatic heterocycles. The minimum Gasteiger partial charge on any atom is -0.493 e. The molecular weight excluding hydrogens is 322 g/mol. The Morgan fingerprint density at radius 2 is 1.76 bits per heavy atom. The molecule has 0 fully saturated rings. The van der Waals surface area contributed by atoms with Gasteiger partial charge in [-0.1, -0.05) is 12.1 Å². The Balaban J connectivity index is 1.96. The Hall–Kier alpha value is -3.22. The van der Waals surface area contributed by atoms with Gasteiger partial charge in [0.05, 0.1) is 38.7 Å². The van der Waals surface area contributed by atoms with Crippen LogP contribution in [0.15, 0.2) is 36.5 Å². The van der Waals surface area contributed by atoms with E-state index in [-0.39, 0.29) is 6.03 Å². The predicted octanol–water partition coefficient (Wildman–Crippen LogP) is 3.45. The van der Waals surface area contributed by atoms with Gasteiger partial charge >= 0.3 is 6.03 Å². The topological polar surface area (TPSA) is 74.6 Å². The van der Waals surface area contributed by atoms with E-state index in [1.807, 2.05) is 25.1 Å². The molecular formula is C18H19N3O4. The summed E-state index contributed by atoms with van der Waals surface area (Å²) in [5, 5.41) is 7.92. The molecule has 130 valence electrons. The molecule has 0 bridgehead atoms. The summed E-state index contributed by atoms with van der Waals surface area (Å²) < 4.78 is 17.2. The molecule has 3 aromatic rings. The van der Waals surface area contributed by atoms with E-state index in [9.17, 15) is 4.79 Å². The molecule has 1 amide bonds. The number of aryl methyl sites for hydroxylation is 1. The van der Waals surface area contributed by atoms with Crippen LogP contribution in [-0.4, -0.2) is 37.1 Å². The Morgan fingerprint density at radius 1 is 1.08 bits per heavy atom. The van der Waals surface area contributed by atoms with Gasteiger partial charge in [0.2, 0.25) is 5.75 Å². The van der Waals surface area contributed by atoms with Gasteiger partial charge in [-0.05, 0) is 18.6 Å². The number of rotatable bonds is 4. The first-order valence-electron chi connectivity index (χ1n) is 7.63. The van der Waals surface area contributed by atoms with Crippen molar-refractivity contribution in [3.05, 3.63) is 42.1 Å². The number of fused-ring (bicyclic) bond motifs is 1. The van der Waals surface area contributed by atoms with Crippen LogP contribution in [0, 0.1) is 6.92 Å². The molecule has 1 N–H and O–H groups in total. The summed E-state index contributed by atoms with van der Waals surface area (Å²) in [5.41, 5.74) is 2.31. The van der Waals surface area contributed by atoms with Crippen LogP contribution >= 0.6 is 0 Å². The number of carbonyl (C=O) groups is 1. The SMILES string of the molecule is COc1cc(NC(=O)n2ncc3c(C)cccc32)cc(OC)c1OC. The third-order valence-corrected chi connectivity index (χ3v) is 3.94. The molecule has 0 saturated carbocycles. The van der Waals surface area contributed by atoms with E-state index in [1.165, 1.54) is 26.0 Å². The zero-order valence-electron chi connectivity index (χ0n) is 14.5. The molecule has 0 spiro atoms. The van der Waals surface area contributed by atoms with E-state index in [2.05, 4.69) is 10.4 Å². The fraction of sp³-hybridized carbons (Fsp3) is 0.222. The van der Waals surface area contributed by atoms with Gasteiger partial charge in [-0.3, -0.25) is 0 Å². The summed E-state index contributed by atoms with van der Waals surface area (Å²) in [6.07, 6.45) is 1.68. The second-order valence-corrected chi connectivity index (χ2v) is 5.41. The minimum absolute atomic E-state index is 0.380. The van der Waals surface area contributed by atoms with Gasteiger partial charge in [0.15, 0.2) is 11.5 Å². The average molecular weight is 341 g/mol. The van der Waals surface area contributed by atoms with E-state index in [4.69, 9.17) is 14.2 Å². The van der Waals surface area contributed by atoms with E-state index in [0.29, 0.717) is 22.9 Å². The number of ether oxygens (including phenoxy) is 3. The monoisotopic (exact) mass is 341 g/mol. The van der Waals surface area contributed by atoms with Gasteiger partial charge in [0, 0.05) is 17.5 Å². The largest absolute Gasteiger partial charge is 0.493 e. The van der Waals surface area contributed by atoms with Crippen LogP contribution in [0.25, 0.3) is 10.9 Å². The molecule has 0 unspecified atom stereocenters. The summed E-state index contributed by atoms with van der Waals surface area (Å²) >= 11 is 0. The Bertz CT molecular complexity index is 908. The van der Waals surface area contributed by atoms with Gasteiger partial charge in [0.25, 0.3) is 0 Å². The quantitative estimate of drug-likeness (QED) is 0.787. The minimum atomic E-state index is -0.380. The summed E-state index contributed by atoms with van der Waals surface area (Å²) in [7, 11) is 4.57. The van der Waals surface area contributed by atoms with Gasteiger partial charge in [-0.15, -0.1) is 0 Å². The number of amides is 1. The lowest BCUT2D eigenvalue weighted by Crippen LogP contribution is -2.20. The van der Waals surface area contributed by atoms with Crippen LogP contribution in [0.3, 0.4) is 0 Å². The number of anilines is 1. The Kier molecular flexibility index (Phi) is 4.47. The lowest BCUT2D eigenvalue weighted by molar-refractivity contribution is 0.252. The van der Waals surface area contributed by atoms with Crippen molar-refractivity contribution in [1.29, 1.82) is 0 Å². The molecule has 1 heterocycles. The smallest absolute Gasteiger partial charge is 0.347 e. The third-order valence-electron chi connectivity index (χ3n) is 3.94. The van der Waals surface area contributed by atoms with Gasteiger partial charge in [-0.2, -0.15) is 9.78 Å². The van der Waals surface area contributed by atoms with Crippen LogP contribution in [0.4, 0.5) is 10.5 Å². The molecule has 25 heavy (non-hydrogen) atoms. The summed E-state index contributed by atoms with van der Waals surface area (Å²) in [4.78, 5) is 12.6. The average Bonchev–Trinajstić information content (AvgIpc) is 3.06. The van der Waals surface area contributed by atoms with Crippen LogP contribution in [0.5, 0.6) is 17.2 Å². The fourth-order valence-corrected chi connectivity index (χ4v) is 2.69. The highest BCUT2D eigenvalue weighted by atomic mass is 16.5. The molecule has 0 atom stereocenters. The van der Waals surface area contributed by atoms with Crippen molar-refractivity contribution in [2.45, 2.75) is 6.92 Å². The Labute approximate surface area is 145 Å². The molecule has 7 nitrogen and oxygen atoms in total. The van der Waals surface area contributed by atoms with E-state index < -0.39 is 0 Å². The number of nitrogens with zero attached hydrogens (tertiary/aromatic N) is 2. The van der Waals surface area contributed by atoms with Crippen molar-refractivity contribution in [3.63, 3.8) is 0 Å². The fourth-order valence-electron chi connectivity index (χ4n) is 2.69. The number of aromatic nitrogens is 2. The normalized spacial score (nSPS) is 10.6. The highest BCUT2D eigenvalue weighted by Crippen LogP contribution is 2.40. The lowest BCUT2D eigenvalue weighted by Gasteiger charge is -2.14. The summed E-state index contributed by atoms with van der Waals surface area (Å²) in [6.45, 7) is 1.98. The van der Waals surface area contributed by atoms with Crippen molar-refractivity contribution < 1.29 is 19.0 Å². The van der Waals surface area contributed by atoms with Crippen molar-refractivity contribution in [3.8, 4) is 17.2 Å². The first-order valence-corrected chi connectivity index (χ1v) is 7.63. The number of carbonyl (C=O) groups excluding carboxylic acids is 1. The van der Waals surface area contributed by atoms with Crippen molar-refractivity contribution >= 4 is 22.6 Å². The van der Waals surface area contributed by atoms with Crippen LogP contribution < -0.4 is 19.5 Å². The van der Waals surface area contributed by atoms with E-state index in [0.717, 1.165) is 16.5 Å². The Morgan fingerprint density at radius 3 is 2.36 bits per heavy atom. The third kappa shape index (κ3) is 2.96. The molecule has 0 aliphatic carbocycles. The van der Waals surface area contributed by atoms with Crippen molar-refractivity contribution in [2.75, 3.05) is 26.6 Å². The maximum Gasteiger partial charge on any atom is 0.347 e. The predicted molar refractivity (Wildman–Crippen MR) is 95.0 cm³/mol. The zero-order valence-corrected chi connectivity index (χ0v) is 14.5. The summed E-state index contributed by atoms with van der Waals surface area (Å²) in [5.74, 6) is 1.37. The molecule has 3 rings (SSSR count). The van der Waals surface area contributed by atoms with Crippen LogP contribution in [-0.2, 0) is 0 Å². The van der Waals surface area contributed by atoms with Gasteiger partial charge < -0.3 is 19.5 Å². The number of nitrogens with one attached hydrogen (secondary N) is 1. The van der Waals surface area contributed by atoms with Gasteiger partial charge in [-0.25, -0.2) is 4.79 Å². The van der Waals surface area contributed by atoms with Crippen LogP contribution in [0.2, 0.25) is 0 Å². The number of methoxy groups -OCH3 is 3.